The fourth-order valence-corrected chi connectivity index (χ4v) is 5.44. The van der Waals surface area contributed by atoms with Crippen LogP contribution < -0.4 is 10.1 Å². The standard InChI is InChI=1S/C21H25N5O3S/c1-20-6-7-21(2,22-11-20)17(28-3)16(20)29-19-26-25-18(30-19)14-5-4-12(8-15(14)27)13-9-23-24-10-13/h4-5,8-10,16-17,22,27H,6-7,11H2,1-3H3,(H,23,24)/t16-,17?,20+,21+/m1/s1. The van der Waals surface area contributed by atoms with Crippen molar-refractivity contribution < 1.29 is 14.6 Å². The van der Waals surface area contributed by atoms with Gasteiger partial charge in [0.2, 0.25) is 0 Å². The minimum absolute atomic E-state index is 0.0291. The van der Waals surface area contributed by atoms with E-state index in [0.717, 1.165) is 30.5 Å². The third-order valence-electron chi connectivity index (χ3n) is 6.65. The number of aromatic nitrogens is 4. The zero-order chi connectivity index (χ0) is 20.9. The summed E-state index contributed by atoms with van der Waals surface area (Å²) in [5.74, 6) is 0.145. The topological polar surface area (TPSA) is 105 Å². The van der Waals surface area contributed by atoms with E-state index in [9.17, 15) is 5.11 Å². The Morgan fingerprint density at radius 3 is 2.70 bits per heavy atom. The predicted octanol–water partition coefficient (Wildman–Crippen LogP) is 3.23. The molecule has 1 aromatic carbocycles. The number of piperidine rings is 2. The fraction of sp³-hybridized carbons (Fsp3) is 0.476. The fourth-order valence-electron chi connectivity index (χ4n) is 4.67. The molecule has 1 unspecified atom stereocenters. The maximum Gasteiger partial charge on any atom is 0.294 e. The van der Waals surface area contributed by atoms with Crippen LogP contribution in [-0.4, -0.2) is 56.9 Å². The first-order chi connectivity index (χ1) is 14.4. The first kappa shape index (κ1) is 19.5. The van der Waals surface area contributed by atoms with Crippen molar-refractivity contribution in [3.8, 4) is 32.6 Å². The minimum atomic E-state index is -0.111. The van der Waals surface area contributed by atoms with Gasteiger partial charge in [-0.05, 0) is 37.5 Å². The van der Waals surface area contributed by atoms with Crippen molar-refractivity contribution in [1.82, 2.24) is 25.7 Å². The molecule has 2 saturated heterocycles. The van der Waals surface area contributed by atoms with E-state index in [1.54, 1.807) is 25.6 Å². The number of ether oxygens (including phenoxy) is 2. The van der Waals surface area contributed by atoms with Gasteiger partial charge >= 0.3 is 0 Å². The lowest BCUT2D eigenvalue weighted by atomic mass is 9.61. The molecule has 158 valence electrons. The molecule has 9 heteroatoms. The number of rotatable bonds is 5. The van der Waals surface area contributed by atoms with Gasteiger partial charge in [-0.3, -0.25) is 5.10 Å². The Morgan fingerprint density at radius 2 is 2.03 bits per heavy atom. The Labute approximate surface area is 178 Å². The summed E-state index contributed by atoms with van der Waals surface area (Å²) in [5, 5.41) is 30.5. The summed E-state index contributed by atoms with van der Waals surface area (Å²) in [7, 11) is 1.74. The van der Waals surface area contributed by atoms with E-state index in [2.05, 4.69) is 39.6 Å². The molecule has 0 spiro atoms. The van der Waals surface area contributed by atoms with Gasteiger partial charge in [-0.15, -0.1) is 5.10 Å². The second-order valence-electron chi connectivity index (χ2n) is 8.71. The van der Waals surface area contributed by atoms with Crippen LogP contribution in [-0.2, 0) is 4.74 Å². The van der Waals surface area contributed by atoms with E-state index in [4.69, 9.17) is 9.47 Å². The summed E-state index contributed by atoms with van der Waals surface area (Å²) >= 11 is 1.34. The van der Waals surface area contributed by atoms with Gasteiger partial charge in [0.25, 0.3) is 5.19 Å². The SMILES string of the molecule is COC1[C@@H](Oc2nnc(-c3ccc(-c4cn[nH]c4)cc3O)s2)[C@@]2(C)CC[C@]1(C)NC2. The Morgan fingerprint density at radius 1 is 1.17 bits per heavy atom. The summed E-state index contributed by atoms with van der Waals surface area (Å²) < 4.78 is 12.2. The molecule has 4 atom stereocenters. The first-order valence-corrected chi connectivity index (χ1v) is 10.8. The van der Waals surface area contributed by atoms with Gasteiger partial charge < -0.3 is 19.9 Å². The van der Waals surface area contributed by atoms with Crippen molar-refractivity contribution in [3.63, 3.8) is 0 Å². The summed E-state index contributed by atoms with van der Waals surface area (Å²) in [6.07, 6.45) is 5.44. The number of nitrogens with one attached hydrogen (secondary N) is 2. The van der Waals surface area contributed by atoms with Gasteiger partial charge in [0.1, 0.15) is 18.0 Å². The van der Waals surface area contributed by atoms with Crippen LogP contribution in [0.15, 0.2) is 30.6 Å². The third kappa shape index (κ3) is 3.08. The zero-order valence-corrected chi connectivity index (χ0v) is 18.0. The smallest absolute Gasteiger partial charge is 0.294 e. The molecule has 0 amide bonds. The van der Waals surface area contributed by atoms with Crippen molar-refractivity contribution in [1.29, 1.82) is 0 Å². The van der Waals surface area contributed by atoms with E-state index >= 15 is 0 Å². The summed E-state index contributed by atoms with van der Waals surface area (Å²) in [4.78, 5) is 0. The van der Waals surface area contributed by atoms with Crippen molar-refractivity contribution >= 4 is 11.3 Å². The van der Waals surface area contributed by atoms with Crippen LogP contribution in [0.1, 0.15) is 26.7 Å². The van der Waals surface area contributed by atoms with Gasteiger partial charge in [-0.1, -0.05) is 29.4 Å². The number of phenolic OH excluding ortho intramolecular Hbond substituents is 1. The maximum absolute atomic E-state index is 10.6. The molecule has 4 heterocycles. The van der Waals surface area contributed by atoms with Crippen LogP contribution in [0.3, 0.4) is 0 Å². The predicted molar refractivity (Wildman–Crippen MR) is 114 cm³/mol. The molecule has 3 aliphatic rings. The third-order valence-corrected chi connectivity index (χ3v) is 7.50. The lowest BCUT2D eigenvalue weighted by Crippen LogP contribution is -2.74. The zero-order valence-electron chi connectivity index (χ0n) is 17.2. The summed E-state index contributed by atoms with van der Waals surface area (Å²) in [6.45, 7) is 5.31. The first-order valence-electron chi connectivity index (χ1n) is 10.0. The number of aromatic hydroxyl groups is 1. The molecular formula is C21H25N5O3S. The highest BCUT2D eigenvalue weighted by molar-refractivity contribution is 7.16. The Kier molecular flexibility index (Phi) is 4.57. The van der Waals surface area contributed by atoms with Crippen LogP contribution >= 0.6 is 11.3 Å². The molecule has 3 aromatic rings. The molecular weight excluding hydrogens is 402 g/mol. The molecule has 6 rings (SSSR count). The molecule has 2 bridgehead atoms. The monoisotopic (exact) mass is 427 g/mol. The second kappa shape index (κ2) is 7.04. The highest BCUT2D eigenvalue weighted by Gasteiger charge is 2.58. The average Bonchev–Trinajstić information content (AvgIpc) is 3.42. The van der Waals surface area contributed by atoms with Gasteiger partial charge in [-0.2, -0.15) is 5.10 Å². The number of aromatic amines is 1. The number of nitrogens with zero attached hydrogens (tertiary/aromatic N) is 3. The summed E-state index contributed by atoms with van der Waals surface area (Å²) in [5.41, 5.74) is 2.28. The molecule has 2 aromatic heterocycles. The molecule has 1 aliphatic carbocycles. The van der Waals surface area contributed by atoms with Crippen LogP contribution in [0.25, 0.3) is 21.7 Å². The van der Waals surface area contributed by atoms with Crippen molar-refractivity contribution in [2.45, 2.75) is 44.4 Å². The highest BCUT2D eigenvalue weighted by Crippen LogP contribution is 2.48. The number of hydrogen-bond acceptors (Lipinski definition) is 8. The number of methoxy groups -OCH3 is 1. The Balaban J connectivity index is 1.40. The highest BCUT2D eigenvalue weighted by atomic mass is 32.1. The quantitative estimate of drug-likeness (QED) is 0.574. The Hall–Kier alpha value is -2.49. The number of H-pyrrole nitrogens is 1. The second-order valence-corrected chi connectivity index (χ2v) is 9.65. The van der Waals surface area contributed by atoms with E-state index in [1.165, 1.54) is 11.3 Å². The lowest BCUT2D eigenvalue weighted by molar-refractivity contribution is -0.163. The van der Waals surface area contributed by atoms with E-state index in [0.29, 0.717) is 15.8 Å². The van der Waals surface area contributed by atoms with Gasteiger partial charge in [0, 0.05) is 36.4 Å². The molecule has 8 nitrogen and oxygen atoms in total. The number of hydrogen-bond donors (Lipinski definition) is 3. The van der Waals surface area contributed by atoms with Crippen LogP contribution in [0.4, 0.5) is 0 Å². The lowest BCUT2D eigenvalue weighted by Gasteiger charge is -2.58. The number of benzene rings is 1. The Bertz CT molecular complexity index is 1040. The summed E-state index contributed by atoms with van der Waals surface area (Å²) in [6, 6.07) is 5.47. The van der Waals surface area contributed by atoms with Crippen molar-refractivity contribution in [2.24, 2.45) is 5.41 Å². The minimum Gasteiger partial charge on any atom is -0.507 e. The van der Waals surface area contributed by atoms with Gasteiger partial charge in [-0.25, -0.2) is 0 Å². The van der Waals surface area contributed by atoms with Gasteiger partial charge in [0.05, 0.1) is 11.8 Å². The average molecular weight is 428 g/mol. The largest absolute Gasteiger partial charge is 0.507 e. The molecule has 3 fully saturated rings. The molecule has 3 N–H and O–H groups in total. The number of fused-ring (bicyclic) bond motifs is 3. The normalized spacial score (nSPS) is 30.5. The van der Waals surface area contributed by atoms with E-state index in [1.807, 2.05) is 12.1 Å². The van der Waals surface area contributed by atoms with Crippen LogP contribution in [0, 0.1) is 5.41 Å². The van der Waals surface area contributed by atoms with E-state index < -0.39 is 0 Å². The van der Waals surface area contributed by atoms with Gasteiger partial charge in [0.15, 0.2) is 5.01 Å². The van der Waals surface area contributed by atoms with Crippen molar-refractivity contribution in [2.75, 3.05) is 13.7 Å². The number of phenols is 1. The molecule has 1 saturated carbocycles. The van der Waals surface area contributed by atoms with Crippen molar-refractivity contribution in [3.05, 3.63) is 30.6 Å². The molecule has 0 radical (unpaired) electrons. The van der Waals surface area contributed by atoms with E-state index in [-0.39, 0.29) is 28.9 Å². The van der Waals surface area contributed by atoms with Crippen LogP contribution in [0.2, 0.25) is 0 Å². The van der Waals surface area contributed by atoms with Crippen LogP contribution in [0.5, 0.6) is 10.9 Å². The molecule has 2 aliphatic heterocycles. The maximum atomic E-state index is 10.6. The molecule has 30 heavy (non-hydrogen) atoms.